The molecule has 0 N–H and O–H groups in total. The number of carbonyl (C=O) groups is 1. The monoisotopic (exact) mass is 158 g/mol. The molecular formula is C8H14O3. The van der Waals surface area contributed by atoms with Crippen molar-refractivity contribution in [3.05, 3.63) is 0 Å². The molecule has 0 radical (unpaired) electrons. The molecule has 0 spiro atoms. The molecule has 0 aromatic carbocycles. The smallest absolute Gasteiger partial charge is 0.305 e. The molecule has 11 heavy (non-hydrogen) atoms. The fourth-order valence-corrected chi connectivity index (χ4v) is 1.07. The van der Waals surface area contributed by atoms with Crippen molar-refractivity contribution in [2.24, 2.45) is 0 Å². The van der Waals surface area contributed by atoms with Crippen molar-refractivity contribution in [2.75, 3.05) is 13.2 Å². The Kier molecular flexibility index (Phi) is 3.36. The topological polar surface area (TPSA) is 35.5 Å². The van der Waals surface area contributed by atoms with Gasteiger partial charge in [0.05, 0.1) is 6.61 Å². The average Bonchev–Trinajstić information content (AvgIpc) is 2.06. The van der Waals surface area contributed by atoms with Crippen LogP contribution in [0.1, 0.15) is 26.2 Å². The quantitative estimate of drug-likeness (QED) is 0.565. The number of ether oxygens (including phenoxy) is 2. The molecule has 0 bridgehead atoms. The molecule has 0 aliphatic carbocycles. The summed E-state index contributed by atoms with van der Waals surface area (Å²) in [5.41, 5.74) is 0. The first-order chi connectivity index (χ1) is 5.33. The minimum atomic E-state index is -0.125. The number of esters is 1. The van der Waals surface area contributed by atoms with Crippen LogP contribution < -0.4 is 0 Å². The molecule has 1 rings (SSSR count). The Morgan fingerprint density at radius 1 is 1.73 bits per heavy atom. The molecule has 3 heteroatoms. The third-order valence-corrected chi connectivity index (χ3v) is 1.71. The first-order valence-corrected chi connectivity index (χ1v) is 4.10. The summed E-state index contributed by atoms with van der Waals surface area (Å²) in [5.74, 6) is -0.125. The highest BCUT2D eigenvalue weighted by Gasteiger charge is 2.16. The summed E-state index contributed by atoms with van der Waals surface area (Å²) in [4.78, 5) is 10.8. The highest BCUT2D eigenvalue weighted by molar-refractivity contribution is 5.69. The molecule has 0 saturated carbocycles. The van der Waals surface area contributed by atoms with Crippen molar-refractivity contribution < 1.29 is 14.3 Å². The maximum atomic E-state index is 10.8. The molecule has 1 heterocycles. The lowest BCUT2D eigenvalue weighted by Crippen LogP contribution is -2.27. The zero-order chi connectivity index (χ0) is 8.10. The Morgan fingerprint density at radius 3 is 3.09 bits per heavy atom. The first kappa shape index (κ1) is 8.53. The predicted octanol–water partition coefficient (Wildman–Crippen LogP) is 1.12. The average molecular weight is 158 g/mol. The standard InChI is InChI=1S/C8H14O3/c1-2-8(9)11-7-4-3-5-10-6-7/h7H,2-6H2,1H3/t7-/m0/s1. The lowest BCUT2D eigenvalue weighted by atomic mass is 10.2. The Labute approximate surface area is 66.7 Å². The van der Waals surface area contributed by atoms with E-state index in [1.165, 1.54) is 0 Å². The van der Waals surface area contributed by atoms with Crippen LogP contribution in [0.2, 0.25) is 0 Å². The van der Waals surface area contributed by atoms with Gasteiger partial charge in [0, 0.05) is 13.0 Å². The highest BCUT2D eigenvalue weighted by atomic mass is 16.6. The number of rotatable bonds is 2. The van der Waals surface area contributed by atoms with Gasteiger partial charge < -0.3 is 9.47 Å². The van der Waals surface area contributed by atoms with Crippen LogP contribution >= 0.6 is 0 Å². The van der Waals surface area contributed by atoms with Crippen LogP contribution in [0.3, 0.4) is 0 Å². The fraction of sp³-hybridized carbons (Fsp3) is 0.875. The summed E-state index contributed by atoms with van der Waals surface area (Å²) in [7, 11) is 0. The van der Waals surface area contributed by atoms with E-state index in [1.807, 2.05) is 0 Å². The summed E-state index contributed by atoms with van der Waals surface area (Å²) in [6.45, 7) is 3.18. The van der Waals surface area contributed by atoms with Gasteiger partial charge in [-0.1, -0.05) is 6.92 Å². The number of hydrogen-bond acceptors (Lipinski definition) is 3. The fourth-order valence-electron chi connectivity index (χ4n) is 1.07. The molecule has 0 aromatic rings. The van der Waals surface area contributed by atoms with E-state index >= 15 is 0 Å². The molecule has 1 fully saturated rings. The van der Waals surface area contributed by atoms with E-state index in [4.69, 9.17) is 9.47 Å². The van der Waals surface area contributed by atoms with E-state index in [9.17, 15) is 4.79 Å². The van der Waals surface area contributed by atoms with Crippen LogP contribution in [0, 0.1) is 0 Å². The summed E-state index contributed by atoms with van der Waals surface area (Å²) in [6, 6.07) is 0. The van der Waals surface area contributed by atoms with Gasteiger partial charge in [-0.3, -0.25) is 4.79 Å². The molecule has 64 valence electrons. The van der Waals surface area contributed by atoms with Crippen LogP contribution in [0.15, 0.2) is 0 Å². The van der Waals surface area contributed by atoms with Gasteiger partial charge in [0.1, 0.15) is 6.10 Å². The minimum absolute atomic E-state index is 0.0104. The molecule has 1 aliphatic rings. The maximum Gasteiger partial charge on any atom is 0.305 e. The zero-order valence-electron chi connectivity index (χ0n) is 6.84. The molecule has 0 aromatic heterocycles. The van der Waals surface area contributed by atoms with E-state index in [0.29, 0.717) is 13.0 Å². The second-order valence-corrected chi connectivity index (χ2v) is 2.68. The molecular weight excluding hydrogens is 144 g/mol. The van der Waals surface area contributed by atoms with Gasteiger partial charge in [0.15, 0.2) is 0 Å². The maximum absolute atomic E-state index is 10.8. The second kappa shape index (κ2) is 4.34. The molecule has 0 amide bonds. The highest BCUT2D eigenvalue weighted by Crippen LogP contribution is 2.10. The second-order valence-electron chi connectivity index (χ2n) is 2.68. The Hall–Kier alpha value is -0.570. The summed E-state index contributed by atoms with van der Waals surface area (Å²) in [6.07, 6.45) is 2.42. The molecule has 1 saturated heterocycles. The lowest BCUT2D eigenvalue weighted by Gasteiger charge is -2.21. The van der Waals surface area contributed by atoms with Crippen molar-refractivity contribution in [3.63, 3.8) is 0 Å². The Morgan fingerprint density at radius 2 is 2.55 bits per heavy atom. The Bertz CT molecular complexity index is 127. The summed E-state index contributed by atoms with van der Waals surface area (Å²) >= 11 is 0. The van der Waals surface area contributed by atoms with Gasteiger partial charge >= 0.3 is 5.97 Å². The van der Waals surface area contributed by atoms with Gasteiger partial charge in [0.25, 0.3) is 0 Å². The van der Waals surface area contributed by atoms with Crippen LogP contribution in [-0.2, 0) is 14.3 Å². The van der Waals surface area contributed by atoms with Crippen LogP contribution in [0.25, 0.3) is 0 Å². The van der Waals surface area contributed by atoms with Crippen LogP contribution in [-0.4, -0.2) is 25.3 Å². The van der Waals surface area contributed by atoms with Gasteiger partial charge in [-0.2, -0.15) is 0 Å². The molecule has 3 nitrogen and oxygen atoms in total. The van der Waals surface area contributed by atoms with Gasteiger partial charge in [-0.05, 0) is 12.8 Å². The first-order valence-electron chi connectivity index (χ1n) is 4.10. The van der Waals surface area contributed by atoms with E-state index < -0.39 is 0 Å². The number of hydrogen-bond donors (Lipinski definition) is 0. The largest absolute Gasteiger partial charge is 0.460 e. The SMILES string of the molecule is CCC(=O)O[C@H]1CCCOC1. The zero-order valence-corrected chi connectivity index (χ0v) is 6.84. The lowest BCUT2D eigenvalue weighted by molar-refractivity contribution is -0.154. The van der Waals surface area contributed by atoms with E-state index in [2.05, 4.69) is 0 Å². The third-order valence-electron chi connectivity index (χ3n) is 1.71. The van der Waals surface area contributed by atoms with Crippen molar-refractivity contribution in [1.82, 2.24) is 0 Å². The number of carbonyl (C=O) groups excluding carboxylic acids is 1. The van der Waals surface area contributed by atoms with Crippen LogP contribution in [0.5, 0.6) is 0 Å². The van der Waals surface area contributed by atoms with Gasteiger partial charge in [-0.15, -0.1) is 0 Å². The van der Waals surface area contributed by atoms with Crippen molar-refractivity contribution in [2.45, 2.75) is 32.3 Å². The summed E-state index contributed by atoms with van der Waals surface area (Å²) in [5, 5.41) is 0. The predicted molar refractivity (Wildman–Crippen MR) is 40.2 cm³/mol. The van der Waals surface area contributed by atoms with Crippen LogP contribution in [0.4, 0.5) is 0 Å². The normalized spacial score (nSPS) is 24.6. The molecule has 1 atom stereocenters. The van der Waals surface area contributed by atoms with Gasteiger partial charge in [-0.25, -0.2) is 0 Å². The van der Waals surface area contributed by atoms with E-state index in [-0.39, 0.29) is 12.1 Å². The minimum Gasteiger partial charge on any atom is -0.460 e. The third kappa shape index (κ3) is 2.89. The van der Waals surface area contributed by atoms with Crippen molar-refractivity contribution in [3.8, 4) is 0 Å². The summed E-state index contributed by atoms with van der Waals surface area (Å²) < 4.78 is 10.2. The molecule has 0 unspecified atom stereocenters. The van der Waals surface area contributed by atoms with E-state index in [1.54, 1.807) is 6.92 Å². The Balaban J connectivity index is 2.19. The van der Waals surface area contributed by atoms with Crippen molar-refractivity contribution >= 4 is 5.97 Å². The van der Waals surface area contributed by atoms with E-state index in [0.717, 1.165) is 19.4 Å². The van der Waals surface area contributed by atoms with Crippen molar-refractivity contribution in [1.29, 1.82) is 0 Å². The van der Waals surface area contributed by atoms with Gasteiger partial charge in [0.2, 0.25) is 0 Å². The molecule has 1 aliphatic heterocycles.